The third-order valence-electron chi connectivity index (χ3n) is 4.69. The van der Waals surface area contributed by atoms with E-state index in [1.54, 1.807) is 0 Å². The summed E-state index contributed by atoms with van der Waals surface area (Å²) in [5.41, 5.74) is 3.10. The van der Waals surface area contributed by atoms with Crippen LogP contribution in [-0.2, 0) is 0 Å². The van der Waals surface area contributed by atoms with Gasteiger partial charge in [-0.15, -0.1) is 0 Å². The number of hydrogen-bond acceptors (Lipinski definition) is 4. The van der Waals surface area contributed by atoms with E-state index in [-0.39, 0.29) is 0 Å². The van der Waals surface area contributed by atoms with Gasteiger partial charge in [0.2, 0.25) is 0 Å². The minimum absolute atomic E-state index is 0.418. The molecule has 1 unspecified atom stereocenters. The van der Waals surface area contributed by atoms with Crippen molar-refractivity contribution >= 4 is 11.5 Å². The van der Waals surface area contributed by atoms with Crippen molar-refractivity contribution in [1.29, 1.82) is 0 Å². The highest BCUT2D eigenvalue weighted by Gasteiger charge is 2.23. The monoisotopic (exact) mass is 301 g/mol. The average molecular weight is 301 g/mol. The molecular formula is C17H27N5. The average Bonchev–Trinajstić information content (AvgIpc) is 3.02. The first-order valence-corrected chi connectivity index (χ1v) is 8.24. The summed E-state index contributed by atoms with van der Waals surface area (Å²) >= 11 is 0. The van der Waals surface area contributed by atoms with Gasteiger partial charge in [-0.1, -0.05) is 13.8 Å². The maximum atomic E-state index is 4.75. The van der Waals surface area contributed by atoms with Gasteiger partial charge in [0, 0.05) is 37.5 Å². The summed E-state index contributed by atoms with van der Waals surface area (Å²) in [6.45, 7) is 8.65. The van der Waals surface area contributed by atoms with E-state index in [1.807, 2.05) is 11.4 Å². The van der Waals surface area contributed by atoms with Crippen molar-refractivity contribution in [2.24, 2.45) is 0 Å². The molecule has 0 amide bonds. The summed E-state index contributed by atoms with van der Waals surface area (Å²) in [6, 6.07) is 4.89. The molecule has 2 aromatic rings. The van der Waals surface area contributed by atoms with Crippen LogP contribution >= 0.6 is 0 Å². The van der Waals surface area contributed by atoms with Gasteiger partial charge in [0.05, 0.1) is 5.69 Å². The van der Waals surface area contributed by atoms with Crippen LogP contribution in [0.3, 0.4) is 0 Å². The molecule has 5 heteroatoms. The highest BCUT2D eigenvalue weighted by molar-refractivity contribution is 5.52. The second kappa shape index (κ2) is 5.88. The van der Waals surface area contributed by atoms with E-state index in [0.29, 0.717) is 12.0 Å². The fourth-order valence-electron chi connectivity index (χ4n) is 3.28. The van der Waals surface area contributed by atoms with Crippen LogP contribution in [0.1, 0.15) is 44.0 Å². The number of anilines is 1. The van der Waals surface area contributed by atoms with Gasteiger partial charge in [0.15, 0.2) is 5.65 Å². The van der Waals surface area contributed by atoms with Crippen LogP contribution in [0.15, 0.2) is 12.1 Å². The highest BCUT2D eigenvalue weighted by Crippen LogP contribution is 2.24. The van der Waals surface area contributed by atoms with E-state index in [4.69, 9.17) is 4.98 Å². The molecule has 1 fully saturated rings. The Morgan fingerprint density at radius 2 is 2.14 bits per heavy atom. The number of rotatable bonds is 4. The van der Waals surface area contributed by atoms with Crippen LogP contribution in [0.5, 0.6) is 0 Å². The molecule has 0 N–H and O–H groups in total. The Hall–Kier alpha value is -1.62. The maximum Gasteiger partial charge on any atom is 0.157 e. The van der Waals surface area contributed by atoms with Crippen LogP contribution < -0.4 is 4.90 Å². The normalized spacial score (nSPS) is 19.5. The molecule has 0 radical (unpaired) electrons. The van der Waals surface area contributed by atoms with Crippen molar-refractivity contribution in [3.63, 3.8) is 0 Å². The molecule has 0 aliphatic carbocycles. The van der Waals surface area contributed by atoms with E-state index < -0.39 is 0 Å². The Morgan fingerprint density at radius 3 is 2.77 bits per heavy atom. The van der Waals surface area contributed by atoms with Gasteiger partial charge in [-0.05, 0) is 39.3 Å². The van der Waals surface area contributed by atoms with Gasteiger partial charge in [0.25, 0.3) is 0 Å². The lowest BCUT2D eigenvalue weighted by molar-refractivity contribution is 0.313. The molecule has 2 aromatic heterocycles. The summed E-state index contributed by atoms with van der Waals surface area (Å²) < 4.78 is 1.98. The zero-order valence-corrected chi connectivity index (χ0v) is 14.4. The van der Waals surface area contributed by atoms with E-state index in [9.17, 15) is 0 Å². The standard InChI is InChI=1S/C17H27N5/c1-12(2)15-10-17(22-16(18-15)9-13(3)19-22)21(5)11-14-7-6-8-20(14)4/h9-10,12,14H,6-8,11H2,1-5H3. The van der Waals surface area contributed by atoms with Crippen LogP contribution in [0.2, 0.25) is 0 Å². The Bertz CT molecular complexity index is 660. The number of fused-ring (bicyclic) bond motifs is 1. The second-order valence-corrected chi connectivity index (χ2v) is 6.91. The molecule has 3 heterocycles. The number of likely N-dealkylation sites (tertiary alicyclic amines) is 1. The number of aromatic nitrogens is 3. The predicted molar refractivity (Wildman–Crippen MR) is 90.7 cm³/mol. The number of aryl methyl sites for hydroxylation is 1. The lowest BCUT2D eigenvalue weighted by Crippen LogP contribution is -2.37. The van der Waals surface area contributed by atoms with Crippen molar-refractivity contribution in [2.45, 2.75) is 45.6 Å². The zero-order chi connectivity index (χ0) is 15.9. The van der Waals surface area contributed by atoms with Crippen molar-refractivity contribution in [1.82, 2.24) is 19.5 Å². The van der Waals surface area contributed by atoms with Gasteiger partial charge in [-0.25, -0.2) is 4.98 Å². The van der Waals surface area contributed by atoms with Crippen LogP contribution in [0.4, 0.5) is 5.82 Å². The van der Waals surface area contributed by atoms with Crippen molar-refractivity contribution in [3.05, 3.63) is 23.5 Å². The molecule has 1 saturated heterocycles. The first-order chi connectivity index (χ1) is 10.5. The molecule has 5 nitrogen and oxygen atoms in total. The topological polar surface area (TPSA) is 36.7 Å². The number of nitrogens with zero attached hydrogens (tertiary/aromatic N) is 5. The fraction of sp³-hybridized carbons (Fsp3) is 0.647. The quantitative estimate of drug-likeness (QED) is 0.870. The minimum atomic E-state index is 0.418. The van der Waals surface area contributed by atoms with Gasteiger partial charge in [0.1, 0.15) is 5.82 Å². The Morgan fingerprint density at radius 1 is 1.36 bits per heavy atom. The molecule has 22 heavy (non-hydrogen) atoms. The maximum absolute atomic E-state index is 4.75. The van der Waals surface area contributed by atoms with Crippen LogP contribution in [-0.4, -0.2) is 52.7 Å². The lowest BCUT2D eigenvalue weighted by Gasteiger charge is -2.27. The smallest absolute Gasteiger partial charge is 0.157 e. The molecule has 1 aliphatic rings. The first-order valence-electron chi connectivity index (χ1n) is 8.24. The summed E-state index contributed by atoms with van der Waals surface area (Å²) in [7, 11) is 4.40. The summed E-state index contributed by atoms with van der Waals surface area (Å²) in [5.74, 6) is 1.56. The van der Waals surface area contributed by atoms with Gasteiger partial charge in [-0.3, -0.25) is 0 Å². The van der Waals surface area contributed by atoms with Crippen LogP contribution in [0, 0.1) is 6.92 Å². The molecule has 1 aliphatic heterocycles. The van der Waals surface area contributed by atoms with E-state index in [1.165, 1.54) is 19.4 Å². The molecule has 0 aromatic carbocycles. The van der Waals surface area contributed by atoms with Crippen molar-refractivity contribution in [2.75, 3.05) is 32.1 Å². The number of likely N-dealkylation sites (N-methyl/N-ethyl adjacent to an activating group) is 2. The van der Waals surface area contributed by atoms with E-state index >= 15 is 0 Å². The molecule has 120 valence electrons. The van der Waals surface area contributed by atoms with Gasteiger partial charge < -0.3 is 9.80 Å². The Labute approximate surface area is 132 Å². The third-order valence-corrected chi connectivity index (χ3v) is 4.69. The third kappa shape index (κ3) is 2.82. The molecule has 0 spiro atoms. The van der Waals surface area contributed by atoms with Gasteiger partial charge in [-0.2, -0.15) is 9.61 Å². The summed E-state index contributed by atoms with van der Waals surface area (Å²) in [5, 5.41) is 4.63. The first kappa shape index (κ1) is 15.3. The fourth-order valence-corrected chi connectivity index (χ4v) is 3.28. The second-order valence-electron chi connectivity index (χ2n) is 6.91. The van der Waals surface area contributed by atoms with Crippen LogP contribution in [0.25, 0.3) is 5.65 Å². The lowest BCUT2D eigenvalue weighted by atomic mass is 10.1. The molecule has 3 rings (SSSR count). The Kier molecular flexibility index (Phi) is 4.08. The van der Waals surface area contributed by atoms with Crippen molar-refractivity contribution in [3.8, 4) is 0 Å². The molecule has 0 bridgehead atoms. The highest BCUT2D eigenvalue weighted by atomic mass is 15.4. The summed E-state index contributed by atoms with van der Waals surface area (Å²) in [4.78, 5) is 9.55. The van der Waals surface area contributed by atoms with Crippen molar-refractivity contribution < 1.29 is 0 Å². The molecule has 1 atom stereocenters. The molecule has 0 saturated carbocycles. The molecular weight excluding hydrogens is 274 g/mol. The van der Waals surface area contributed by atoms with Gasteiger partial charge >= 0.3 is 0 Å². The Balaban J connectivity index is 1.96. The largest absolute Gasteiger partial charge is 0.358 e. The zero-order valence-electron chi connectivity index (χ0n) is 14.4. The number of hydrogen-bond donors (Lipinski definition) is 0. The summed E-state index contributed by atoms with van der Waals surface area (Å²) in [6.07, 6.45) is 2.59. The van der Waals surface area contributed by atoms with E-state index in [2.05, 4.69) is 55.0 Å². The van der Waals surface area contributed by atoms with E-state index in [0.717, 1.165) is 29.4 Å². The predicted octanol–water partition coefficient (Wildman–Crippen LogP) is 2.69. The minimum Gasteiger partial charge on any atom is -0.358 e. The SMILES string of the molecule is Cc1cc2nc(C(C)C)cc(N(C)CC3CCCN3C)n2n1.